The molecule has 2 N–H and O–H groups in total. The molecule has 0 aliphatic rings. The van der Waals surface area contributed by atoms with Crippen molar-refractivity contribution in [3.63, 3.8) is 0 Å². The van der Waals surface area contributed by atoms with Gasteiger partial charge in [0.2, 0.25) is 0 Å². The zero-order valence-corrected chi connectivity index (χ0v) is 10.9. The summed E-state index contributed by atoms with van der Waals surface area (Å²) in [7, 11) is 0. The number of aliphatic hydroxyl groups is 1. The fourth-order valence-corrected chi connectivity index (χ4v) is 2.18. The lowest BCUT2D eigenvalue weighted by atomic mass is 10.2. The van der Waals surface area contributed by atoms with Crippen molar-refractivity contribution in [1.29, 1.82) is 0 Å². The highest BCUT2D eigenvalue weighted by molar-refractivity contribution is 7.14. The Morgan fingerprint density at radius 1 is 1.50 bits per heavy atom. The molecule has 2 aromatic heterocycles. The highest BCUT2D eigenvalue weighted by Gasteiger charge is 2.11. The van der Waals surface area contributed by atoms with E-state index in [1.54, 1.807) is 24.6 Å². The molecule has 1 unspecified atom stereocenters. The number of aryl methyl sites for hydroxylation is 1. The molecule has 0 aliphatic carbocycles. The van der Waals surface area contributed by atoms with Crippen LogP contribution < -0.4 is 5.32 Å². The van der Waals surface area contributed by atoms with Gasteiger partial charge in [0, 0.05) is 17.8 Å². The molecule has 94 valence electrons. The smallest absolute Gasteiger partial charge is 0.259 e. The number of nitrogens with zero attached hydrogens (tertiary/aromatic N) is 2. The van der Waals surface area contributed by atoms with Gasteiger partial charge in [-0.15, -0.1) is 11.3 Å². The molecule has 0 radical (unpaired) electrons. The molecular weight excluding hydrogens is 250 g/mol. The van der Waals surface area contributed by atoms with E-state index >= 15 is 0 Å². The summed E-state index contributed by atoms with van der Waals surface area (Å²) in [5.74, 6) is -0.252. The Morgan fingerprint density at radius 3 is 2.89 bits per heavy atom. The van der Waals surface area contributed by atoms with Crippen LogP contribution in [0.3, 0.4) is 0 Å². The van der Waals surface area contributed by atoms with Crippen LogP contribution in [0, 0.1) is 6.92 Å². The highest BCUT2D eigenvalue weighted by Crippen LogP contribution is 2.20. The van der Waals surface area contributed by atoms with E-state index in [1.165, 1.54) is 17.5 Å². The van der Waals surface area contributed by atoms with Crippen LogP contribution in [0.25, 0.3) is 0 Å². The number of anilines is 1. The topological polar surface area (TPSA) is 75.1 Å². The Bertz CT molecular complexity index is 566. The van der Waals surface area contributed by atoms with Crippen LogP contribution >= 0.6 is 11.3 Å². The minimum atomic E-state index is -0.632. The van der Waals surface area contributed by atoms with Crippen molar-refractivity contribution in [3.8, 4) is 0 Å². The largest absolute Gasteiger partial charge is 0.387 e. The van der Waals surface area contributed by atoms with Crippen molar-refractivity contribution in [2.45, 2.75) is 20.0 Å². The van der Waals surface area contributed by atoms with Crippen molar-refractivity contribution < 1.29 is 9.90 Å². The summed E-state index contributed by atoms with van der Waals surface area (Å²) in [5.41, 5.74) is 1.97. The predicted molar refractivity (Wildman–Crippen MR) is 69.7 cm³/mol. The normalized spacial score (nSPS) is 12.2. The van der Waals surface area contributed by atoms with Gasteiger partial charge in [-0.05, 0) is 25.5 Å². The van der Waals surface area contributed by atoms with Gasteiger partial charge in [-0.2, -0.15) is 0 Å². The molecule has 0 spiro atoms. The summed E-state index contributed by atoms with van der Waals surface area (Å²) in [6, 6.07) is 1.76. The number of rotatable bonds is 3. The molecule has 5 nitrogen and oxygen atoms in total. The summed E-state index contributed by atoms with van der Waals surface area (Å²) >= 11 is 1.28. The van der Waals surface area contributed by atoms with Gasteiger partial charge in [0.15, 0.2) is 5.13 Å². The number of aliphatic hydroxyl groups excluding tert-OH is 1. The van der Waals surface area contributed by atoms with E-state index < -0.39 is 6.10 Å². The summed E-state index contributed by atoms with van der Waals surface area (Å²) in [5, 5.41) is 14.2. The zero-order valence-electron chi connectivity index (χ0n) is 10.0. The van der Waals surface area contributed by atoms with E-state index in [1.807, 2.05) is 6.92 Å². The summed E-state index contributed by atoms with van der Waals surface area (Å²) < 4.78 is 0. The highest BCUT2D eigenvalue weighted by atomic mass is 32.1. The molecule has 0 bridgehead atoms. The van der Waals surface area contributed by atoms with Crippen LogP contribution in [0.2, 0.25) is 0 Å². The zero-order chi connectivity index (χ0) is 13.1. The second-order valence-corrected chi connectivity index (χ2v) is 4.82. The number of hydrogen-bond acceptors (Lipinski definition) is 5. The van der Waals surface area contributed by atoms with Crippen LogP contribution in [0.1, 0.15) is 34.6 Å². The SMILES string of the molecule is Cc1cncc(C(=O)Nc2nc(C(C)O)cs2)c1. The van der Waals surface area contributed by atoms with Gasteiger partial charge >= 0.3 is 0 Å². The van der Waals surface area contributed by atoms with Crippen LogP contribution in [-0.2, 0) is 0 Å². The van der Waals surface area contributed by atoms with Gasteiger partial charge in [-0.3, -0.25) is 15.1 Å². The molecule has 2 aromatic rings. The fourth-order valence-electron chi connectivity index (χ4n) is 1.38. The van der Waals surface area contributed by atoms with Crippen molar-refractivity contribution in [2.75, 3.05) is 5.32 Å². The number of carbonyl (C=O) groups excluding carboxylic acids is 1. The quantitative estimate of drug-likeness (QED) is 0.889. The molecular formula is C12H13N3O2S. The first-order valence-electron chi connectivity index (χ1n) is 5.43. The maximum Gasteiger partial charge on any atom is 0.259 e. The first-order chi connectivity index (χ1) is 8.56. The molecule has 6 heteroatoms. The van der Waals surface area contributed by atoms with Crippen molar-refractivity contribution in [2.24, 2.45) is 0 Å². The lowest BCUT2D eigenvalue weighted by Crippen LogP contribution is -2.12. The standard InChI is InChI=1S/C12H13N3O2S/c1-7-3-9(5-13-4-7)11(17)15-12-14-10(6-18-12)8(2)16/h3-6,8,16H,1-2H3,(H,14,15,17). The molecule has 0 saturated heterocycles. The van der Waals surface area contributed by atoms with E-state index in [9.17, 15) is 9.90 Å². The van der Waals surface area contributed by atoms with E-state index in [0.29, 0.717) is 16.4 Å². The van der Waals surface area contributed by atoms with Crippen molar-refractivity contribution in [3.05, 3.63) is 40.7 Å². The second-order valence-electron chi connectivity index (χ2n) is 3.96. The van der Waals surface area contributed by atoms with E-state index in [4.69, 9.17) is 0 Å². The Labute approximate surface area is 109 Å². The Kier molecular flexibility index (Phi) is 3.69. The molecule has 1 amide bonds. The average Bonchev–Trinajstić information content (AvgIpc) is 2.77. The number of nitrogens with one attached hydrogen (secondary N) is 1. The minimum absolute atomic E-state index is 0.252. The average molecular weight is 263 g/mol. The minimum Gasteiger partial charge on any atom is -0.387 e. The molecule has 2 rings (SSSR count). The number of carbonyl (C=O) groups is 1. The van der Waals surface area contributed by atoms with Gasteiger partial charge < -0.3 is 5.11 Å². The second kappa shape index (κ2) is 5.24. The summed E-state index contributed by atoms with van der Waals surface area (Å²) in [6.07, 6.45) is 2.56. The summed E-state index contributed by atoms with van der Waals surface area (Å²) in [4.78, 5) is 20.0. The van der Waals surface area contributed by atoms with Crippen LogP contribution in [-0.4, -0.2) is 21.0 Å². The molecule has 0 fully saturated rings. The van der Waals surface area contributed by atoms with E-state index in [-0.39, 0.29) is 5.91 Å². The molecule has 18 heavy (non-hydrogen) atoms. The van der Waals surface area contributed by atoms with Gasteiger partial charge in [0.1, 0.15) is 0 Å². The Morgan fingerprint density at radius 2 is 2.28 bits per heavy atom. The Hall–Kier alpha value is -1.79. The van der Waals surface area contributed by atoms with Crippen LogP contribution in [0.5, 0.6) is 0 Å². The third-order valence-corrected chi connectivity index (χ3v) is 3.08. The van der Waals surface area contributed by atoms with Gasteiger partial charge in [-0.25, -0.2) is 4.98 Å². The third kappa shape index (κ3) is 2.91. The first kappa shape index (κ1) is 12.7. The van der Waals surface area contributed by atoms with E-state index in [2.05, 4.69) is 15.3 Å². The van der Waals surface area contributed by atoms with E-state index in [0.717, 1.165) is 5.56 Å². The monoisotopic (exact) mass is 263 g/mol. The molecule has 0 saturated carbocycles. The summed E-state index contributed by atoms with van der Waals surface area (Å²) in [6.45, 7) is 3.50. The molecule has 0 aliphatic heterocycles. The first-order valence-corrected chi connectivity index (χ1v) is 6.30. The third-order valence-electron chi connectivity index (χ3n) is 2.31. The van der Waals surface area contributed by atoms with Gasteiger partial charge in [0.05, 0.1) is 17.4 Å². The molecule has 2 heterocycles. The van der Waals surface area contributed by atoms with Crippen molar-refractivity contribution in [1.82, 2.24) is 9.97 Å². The molecule has 0 aromatic carbocycles. The van der Waals surface area contributed by atoms with Gasteiger partial charge in [0.25, 0.3) is 5.91 Å². The lowest BCUT2D eigenvalue weighted by Gasteiger charge is -2.02. The maximum atomic E-state index is 11.9. The number of hydrogen-bond donors (Lipinski definition) is 2. The van der Waals surface area contributed by atoms with Crippen molar-refractivity contribution >= 4 is 22.4 Å². The number of amides is 1. The maximum absolute atomic E-state index is 11.9. The predicted octanol–water partition coefficient (Wildman–Crippen LogP) is 2.15. The van der Waals surface area contributed by atoms with Crippen LogP contribution in [0.4, 0.5) is 5.13 Å². The van der Waals surface area contributed by atoms with Crippen LogP contribution in [0.15, 0.2) is 23.8 Å². The molecule has 1 atom stereocenters. The number of aromatic nitrogens is 2. The number of pyridine rings is 1. The fraction of sp³-hybridized carbons (Fsp3) is 0.250. The van der Waals surface area contributed by atoms with Gasteiger partial charge in [-0.1, -0.05) is 0 Å². The number of thiazole rings is 1. The Balaban J connectivity index is 2.11. The lowest BCUT2D eigenvalue weighted by molar-refractivity contribution is 0.102.